The summed E-state index contributed by atoms with van der Waals surface area (Å²) in [4.78, 5) is 7.80. The van der Waals surface area contributed by atoms with Gasteiger partial charge in [0, 0.05) is 24.6 Å². The molecule has 0 saturated carbocycles. The van der Waals surface area contributed by atoms with Gasteiger partial charge in [-0.05, 0) is 6.92 Å². The van der Waals surface area contributed by atoms with Crippen LogP contribution in [0.5, 0.6) is 0 Å². The third-order valence-corrected chi connectivity index (χ3v) is 1.67. The number of hydrazine groups is 1. The Hall–Kier alpha value is -1.04. The van der Waals surface area contributed by atoms with Crippen LogP contribution in [0.15, 0.2) is 18.7 Å². The van der Waals surface area contributed by atoms with Crippen molar-refractivity contribution >= 4 is 0 Å². The molecule has 1 unspecified atom stereocenters. The second kappa shape index (κ2) is 5.58. The molecule has 0 amide bonds. The van der Waals surface area contributed by atoms with E-state index in [1.54, 1.807) is 12.4 Å². The molecule has 72 valence electrons. The Bertz CT molecular complexity index is 229. The highest BCUT2D eigenvalue weighted by Crippen LogP contribution is 2.08. The topological polar surface area (TPSA) is 73.1 Å². The Morgan fingerprint density at radius 2 is 2.23 bits per heavy atom. The number of ether oxygens (including phenoxy) is 1. The molecule has 1 aromatic rings. The summed E-state index contributed by atoms with van der Waals surface area (Å²) in [6.45, 7) is 3.14. The van der Waals surface area contributed by atoms with E-state index in [2.05, 4.69) is 15.4 Å². The fourth-order valence-corrected chi connectivity index (χ4v) is 0.967. The smallest absolute Gasteiger partial charge is 0.115 e. The van der Waals surface area contributed by atoms with Crippen LogP contribution in [0.25, 0.3) is 0 Å². The van der Waals surface area contributed by atoms with Crippen molar-refractivity contribution in [3.63, 3.8) is 0 Å². The lowest BCUT2D eigenvalue weighted by Crippen LogP contribution is -2.31. The molecule has 5 nitrogen and oxygen atoms in total. The Labute approximate surface area is 77.3 Å². The van der Waals surface area contributed by atoms with Crippen molar-refractivity contribution in [1.82, 2.24) is 15.4 Å². The molecular formula is C8H14N4O. The molecular weight excluding hydrogens is 168 g/mol. The van der Waals surface area contributed by atoms with Crippen LogP contribution in [-0.4, -0.2) is 23.2 Å². The molecule has 0 saturated heterocycles. The number of rotatable bonds is 5. The highest BCUT2D eigenvalue weighted by Gasteiger charge is 2.08. The summed E-state index contributed by atoms with van der Waals surface area (Å²) in [7, 11) is 0. The Morgan fingerprint density at radius 3 is 2.77 bits per heavy atom. The molecule has 0 spiro atoms. The van der Waals surface area contributed by atoms with E-state index in [4.69, 9.17) is 10.6 Å². The summed E-state index contributed by atoms with van der Waals surface area (Å²) >= 11 is 0. The van der Waals surface area contributed by atoms with E-state index in [9.17, 15) is 0 Å². The molecule has 0 aliphatic carbocycles. The summed E-state index contributed by atoms with van der Waals surface area (Å²) in [6, 6.07) is -0.0406. The van der Waals surface area contributed by atoms with Gasteiger partial charge < -0.3 is 4.74 Å². The molecule has 13 heavy (non-hydrogen) atoms. The number of nitrogens with one attached hydrogen (secondary N) is 1. The fourth-order valence-electron chi connectivity index (χ4n) is 0.967. The van der Waals surface area contributed by atoms with Gasteiger partial charge in [-0.2, -0.15) is 0 Å². The van der Waals surface area contributed by atoms with Gasteiger partial charge in [0.05, 0.1) is 12.6 Å². The first-order valence-electron chi connectivity index (χ1n) is 4.17. The first-order valence-corrected chi connectivity index (χ1v) is 4.17. The minimum Gasteiger partial charge on any atom is -0.380 e. The molecule has 0 aliphatic heterocycles. The fraction of sp³-hybridized carbons (Fsp3) is 0.500. The number of nitrogens with zero attached hydrogens (tertiary/aromatic N) is 2. The molecule has 0 fully saturated rings. The second-order valence-electron chi connectivity index (χ2n) is 2.55. The molecule has 1 aromatic heterocycles. The first-order chi connectivity index (χ1) is 6.38. The van der Waals surface area contributed by atoms with Crippen molar-refractivity contribution in [2.45, 2.75) is 13.0 Å². The molecule has 1 heterocycles. The van der Waals surface area contributed by atoms with Crippen molar-refractivity contribution in [3.05, 3.63) is 24.3 Å². The third-order valence-electron chi connectivity index (χ3n) is 1.67. The van der Waals surface area contributed by atoms with Crippen molar-refractivity contribution in [3.8, 4) is 0 Å². The van der Waals surface area contributed by atoms with Gasteiger partial charge in [0.2, 0.25) is 0 Å². The van der Waals surface area contributed by atoms with Gasteiger partial charge in [-0.3, -0.25) is 11.3 Å². The van der Waals surface area contributed by atoms with Crippen LogP contribution >= 0.6 is 0 Å². The van der Waals surface area contributed by atoms with E-state index in [1.165, 1.54) is 6.33 Å². The summed E-state index contributed by atoms with van der Waals surface area (Å²) in [5, 5.41) is 0. The molecule has 0 aliphatic rings. The van der Waals surface area contributed by atoms with Crippen LogP contribution in [0.1, 0.15) is 18.5 Å². The monoisotopic (exact) mass is 182 g/mol. The van der Waals surface area contributed by atoms with E-state index in [0.29, 0.717) is 13.2 Å². The Kier molecular flexibility index (Phi) is 4.31. The Morgan fingerprint density at radius 1 is 1.54 bits per heavy atom. The van der Waals surface area contributed by atoms with Gasteiger partial charge in [-0.1, -0.05) is 0 Å². The summed E-state index contributed by atoms with van der Waals surface area (Å²) in [6.07, 6.45) is 4.92. The normalized spacial score (nSPS) is 12.8. The molecule has 0 radical (unpaired) electrons. The van der Waals surface area contributed by atoms with Gasteiger partial charge in [-0.25, -0.2) is 9.97 Å². The van der Waals surface area contributed by atoms with Gasteiger partial charge in [0.15, 0.2) is 0 Å². The predicted octanol–water partition coefficient (Wildman–Crippen LogP) is 0.0175. The summed E-state index contributed by atoms with van der Waals surface area (Å²) < 4.78 is 5.24. The maximum atomic E-state index is 5.36. The average Bonchev–Trinajstić information content (AvgIpc) is 2.21. The summed E-state index contributed by atoms with van der Waals surface area (Å²) in [5.74, 6) is 5.36. The first kappa shape index (κ1) is 10.0. The van der Waals surface area contributed by atoms with Gasteiger partial charge in [0.1, 0.15) is 6.33 Å². The molecule has 1 atom stereocenters. The van der Waals surface area contributed by atoms with Crippen LogP contribution in [0.3, 0.4) is 0 Å². The highest BCUT2D eigenvalue weighted by atomic mass is 16.5. The van der Waals surface area contributed by atoms with Crippen molar-refractivity contribution < 1.29 is 4.74 Å². The van der Waals surface area contributed by atoms with Crippen LogP contribution in [0.4, 0.5) is 0 Å². The van der Waals surface area contributed by atoms with E-state index in [-0.39, 0.29) is 6.04 Å². The molecule has 0 aromatic carbocycles. The second-order valence-corrected chi connectivity index (χ2v) is 2.55. The predicted molar refractivity (Wildman–Crippen MR) is 48.6 cm³/mol. The maximum absolute atomic E-state index is 5.36. The van der Waals surface area contributed by atoms with Crippen LogP contribution < -0.4 is 11.3 Å². The van der Waals surface area contributed by atoms with Crippen LogP contribution in [-0.2, 0) is 4.74 Å². The average molecular weight is 182 g/mol. The quantitative estimate of drug-likeness (QED) is 0.496. The molecule has 3 N–H and O–H groups in total. The van der Waals surface area contributed by atoms with Gasteiger partial charge >= 0.3 is 0 Å². The summed E-state index contributed by atoms with van der Waals surface area (Å²) in [5.41, 5.74) is 3.58. The lowest BCUT2D eigenvalue weighted by atomic mass is 10.2. The van der Waals surface area contributed by atoms with Crippen LogP contribution in [0.2, 0.25) is 0 Å². The van der Waals surface area contributed by atoms with Gasteiger partial charge in [-0.15, -0.1) is 0 Å². The van der Waals surface area contributed by atoms with Gasteiger partial charge in [0.25, 0.3) is 0 Å². The van der Waals surface area contributed by atoms with E-state index in [0.717, 1.165) is 5.56 Å². The number of hydrogen-bond acceptors (Lipinski definition) is 5. The zero-order valence-corrected chi connectivity index (χ0v) is 7.60. The molecule has 5 heteroatoms. The zero-order chi connectivity index (χ0) is 9.52. The van der Waals surface area contributed by atoms with Crippen molar-refractivity contribution in [1.29, 1.82) is 0 Å². The number of hydrogen-bond donors (Lipinski definition) is 2. The largest absolute Gasteiger partial charge is 0.380 e. The molecule has 0 bridgehead atoms. The SMILES string of the molecule is CCOCC(NN)c1cncnc1. The lowest BCUT2D eigenvalue weighted by molar-refractivity contribution is 0.123. The Balaban J connectivity index is 2.56. The van der Waals surface area contributed by atoms with E-state index < -0.39 is 0 Å². The van der Waals surface area contributed by atoms with Crippen LogP contribution in [0, 0.1) is 0 Å². The lowest BCUT2D eigenvalue weighted by Gasteiger charge is -2.14. The standard InChI is InChI=1S/C8H14N4O/c1-2-13-5-8(12-9)7-3-10-6-11-4-7/h3-4,6,8,12H,2,5,9H2,1H3. The minimum absolute atomic E-state index is 0.0406. The number of aromatic nitrogens is 2. The highest BCUT2D eigenvalue weighted by molar-refractivity contribution is 5.08. The van der Waals surface area contributed by atoms with Crippen molar-refractivity contribution in [2.75, 3.05) is 13.2 Å². The zero-order valence-electron chi connectivity index (χ0n) is 7.60. The molecule has 1 rings (SSSR count). The van der Waals surface area contributed by atoms with E-state index >= 15 is 0 Å². The van der Waals surface area contributed by atoms with Crippen molar-refractivity contribution in [2.24, 2.45) is 5.84 Å². The third kappa shape index (κ3) is 3.06. The maximum Gasteiger partial charge on any atom is 0.115 e. The number of nitrogens with two attached hydrogens (primary N) is 1. The minimum atomic E-state index is -0.0406. The van der Waals surface area contributed by atoms with E-state index in [1.807, 2.05) is 6.92 Å².